The number of H-pyrrole nitrogens is 1. The Labute approximate surface area is 129 Å². The lowest BCUT2D eigenvalue weighted by Gasteiger charge is -2.30. The fraction of sp³-hybridized carbons (Fsp3) is 0.412. The highest BCUT2D eigenvalue weighted by Gasteiger charge is 2.29. The molecule has 5 heteroatoms. The van der Waals surface area contributed by atoms with Crippen molar-refractivity contribution in [1.82, 2.24) is 15.1 Å². The number of aromatic amines is 1. The number of carbonyl (C=O) groups is 1. The van der Waals surface area contributed by atoms with E-state index in [9.17, 15) is 4.79 Å². The van der Waals surface area contributed by atoms with Gasteiger partial charge in [-0.3, -0.25) is 9.89 Å². The molecule has 0 saturated carbocycles. The Morgan fingerprint density at radius 2 is 2.09 bits per heavy atom. The highest BCUT2D eigenvalue weighted by Crippen LogP contribution is 2.37. The number of hydrogen-bond acceptors (Lipinski definition) is 3. The zero-order valence-corrected chi connectivity index (χ0v) is 12.6. The van der Waals surface area contributed by atoms with Gasteiger partial charge in [0, 0.05) is 24.2 Å². The fourth-order valence-electron chi connectivity index (χ4n) is 3.21. The number of aromatic nitrogens is 2. The molecule has 1 N–H and O–H groups in total. The minimum atomic E-state index is 0.0450. The van der Waals surface area contributed by atoms with Crippen molar-refractivity contribution in [2.75, 3.05) is 13.1 Å². The van der Waals surface area contributed by atoms with Crippen molar-refractivity contribution < 1.29 is 9.53 Å². The Morgan fingerprint density at radius 1 is 1.32 bits per heavy atom. The second-order valence-electron chi connectivity index (χ2n) is 6.19. The van der Waals surface area contributed by atoms with Crippen molar-refractivity contribution in [2.24, 2.45) is 5.92 Å². The van der Waals surface area contributed by atoms with Crippen LogP contribution in [-0.2, 0) is 6.61 Å². The van der Waals surface area contributed by atoms with Crippen LogP contribution in [0.4, 0.5) is 0 Å². The van der Waals surface area contributed by atoms with Gasteiger partial charge in [0.1, 0.15) is 23.7 Å². The van der Waals surface area contributed by atoms with E-state index in [1.165, 1.54) is 0 Å². The van der Waals surface area contributed by atoms with E-state index in [0.29, 0.717) is 18.2 Å². The van der Waals surface area contributed by atoms with E-state index in [1.807, 2.05) is 29.2 Å². The zero-order valence-electron chi connectivity index (χ0n) is 12.6. The van der Waals surface area contributed by atoms with Crippen molar-refractivity contribution >= 4 is 5.91 Å². The first-order valence-corrected chi connectivity index (χ1v) is 7.82. The first kappa shape index (κ1) is 13.4. The summed E-state index contributed by atoms with van der Waals surface area (Å²) < 4.78 is 5.77. The van der Waals surface area contributed by atoms with Gasteiger partial charge in [0.2, 0.25) is 0 Å². The summed E-state index contributed by atoms with van der Waals surface area (Å²) in [4.78, 5) is 14.7. The van der Waals surface area contributed by atoms with Crippen LogP contribution in [0, 0.1) is 5.92 Å². The average molecular weight is 297 g/mol. The van der Waals surface area contributed by atoms with Gasteiger partial charge >= 0.3 is 0 Å². The molecule has 1 amide bonds. The smallest absolute Gasteiger partial charge is 0.272 e. The van der Waals surface area contributed by atoms with Gasteiger partial charge in [-0.05, 0) is 30.9 Å². The molecule has 114 valence electrons. The number of para-hydroxylation sites is 1. The molecule has 2 aliphatic heterocycles. The lowest BCUT2D eigenvalue weighted by molar-refractivity contribution is 0.0688. The Morgan fingerprint density at radius 3 is 2.91 bits per heavy atom. The molecule has 1 aromatic heterocycles. The van der Waals surface area contributed by atoms with Crippen molar-refractivity contribution in [3.63, 3.8) is 0 Å². The quantitative estimate of drug-likeness (QED) is 0.880. The molecule has 3 heterocycles. The second kappa shape index (κ2) is 5.16. The molecule has 0 atom stereocenters. The van der Waals surface area contributed by atoms with E-state index < -0.39 is 0 Å². The van der Waals surface area contributed by atoms with E-state index in [4.69, 9.17) is 4.74 Å². The zero-order chi connectivity index (χ0) is 15.1. The van der Waals surface area contributed by atoms with Crippen LogP contribution in [0.1, 0.15) is 35.8 Å². The number of carbonyl (C=O) groups excluding carboxylic acids is 1. The normalized spacial score (nSPS) is 17.6. The minimum Gasteiger partial charge on any atom is -0.488 e. The van der Waals surface area contributed by atoms with E-state index in [2.05, 4.69) is 17.1 Å². The summed E-state index contributed by atoms with van der Waals surface area (Å²) in [6.45, 7) is 4.29. The Balaban J connectivity index is 1.66. The van der Waals surface area contributed by atoms with Gasteiger partial charge in [-0.1, -0.05) is 19.1 Å². The molecule has 4 rings (SSSR count). The Kier molecular flexibility index (Phi) is 3.13. The molecule has 2 aromatic rings. The number of likely N-dealkylation sites (tertiary alicyclic amines) is 1. The monoisotopic (exact) mass is 297 g/mol. The highest BCUT2D eigenvalue weighted by atomic mass is 16.5. The van der Waals surface area contributed by atoms with Crippen LogP contribution >= 0.6 is 0 Å². The van der Waals surface area contributed by atoms with E-state index in [1.54, 1.807) is 0 Å². The largest absolute Gasteiger partial charge is 0.488 e. The number of fused-ring (bicyclic) bond motifs is 3. The average Bonchev–Trinajstić information content (AvgIpc) is 2.99. The third-order valence-corrected chi connectivity index (χ3v) is 4.67. The van der Waals surface area contributed by atoms with Gasteiger partial charge in [-0.2, -0.15) is 5.10 Å². The van der Waals surface area contributed by atoms with Crippen LogP contribution in [0.2, 0.25) is 0 Å². The number of rotatable bonds is 1. The van der Waals surface area contributed by atoms with Gasteiger partial charge in [-0.25, -0.2) is 0 Å². The SMILES string of the molecule is CC1CCN(C(=O)c2[nH]nc3c2COc2ccccc2-3)CC1. The summed E-state index contributed by atoms with van der Waals surface area (Å²) in [7, 11) is 0. The van der Waals surface area contributed by atoms with Crippen molar-refractivity contribution in [3.05, 3.63) is 35.5 Å². The number of amides is 1. The molecule has 1 aromatic carbocycles. The van der Waals surface area contributed by atoms with Gasteiger partial charge in [-0.15, -0.1) is 0 Å². The van der Waals surface area contributed by atoms with Crippen LogP contribution in [-0.4, -0.2) is 34.1 Å². The molecule has 0 bridgehead atoms. The van der Waals surface area contributed by atoms with Gasteiger partial charge in [0.05, 0.1) is 0 Å². The maximum atomic E-state index is 12.8. The molecule has 0 radical (unpaired) electrons. The first-order valence-electron chi connectivity index (χ1n) is 7.82. The molecule has 0 unspecified atom stereocenters. The topological polar surface area (TPSA) is 58.2 Å². The molecule has 5 nitrogen and oxygen atoms in total. The number of nitrogens with zero attached hydrogens (tertiary/aromatic N) is 2. The van der Waals surface area contributed by atoms with E-state index >= 15 is 0 Å². The van der Waals surface area contributed by atoms with Crippen molar-refractivity contribution in [1.29, 1.82) is 0 Å². The third kappa shape index (κ3) is 2.08. The summed E-state index contributed by atoms with van der Waals surface area (Å²) >= 11 is 0. The van der Waals surface area contributed by atoms with Crippen LogP contribution in [0.3, 0.4) is 0 Å². The molecule has 0 aliphatic carbocycles. The predicted molar refractivity (Wildman–Crippen MR) is 82.7 cm³/mol. The van der Waals surface area contributed by atoms with Gasteiger partial charge in [0.25, 0.3) is 5.91 Å². The van der Waals surface area contributed by atoms with Crippen LogP contribution in [0.15, 0.2) is 24.3 Å². The maximum Gasteiger partial charge on any atom is 0.272 e. The fourth-order valence-corrected chi connectivity index (χ4v) is 3.21. The summed E-state index contributed by atoms with van der Waals surface area (Å²) in [6, 6.07) is 7.81. The predicted octanol–water partition coefficient (Wildman–Crippen LogP) is 2.84. The second-order valence-corrected chi connectivity index (χ2v) is 6.19. The van der Waals surface area contributed by atoms with Gasteiger partial charge in [0.15, 0.2) is 0 Å². The number of ether oxygens (including phenoxy) is 1. The molecule has 2 aliphatic rings. The summed E-state index contributed by atoms with van der Waals surface area (Å²) in [5, 5.41) is 7.32. The van der Waals surface area contributed by atoms with Crippen LogP contribution < -0.4 is 4.74 Å². The Bertz CT molecular complexity index is 714. The lowest BCUT2D eigenvalue weighted by atomic mass is 9.98. The number of hydrogen-bond donors (Lipinski definition) is 1. The molecule has 1 saturated heterocycles. The number of benzene rings is 1. The minimum absolute atomic E-state index is 0.0450. The van der Waals surface area contributed by atoms with Crippen LogP contribution in [0.5, 0.6) is 5.75 Å². The summed E-state index contributed by atoms with van der Waals surface area (Å²) in [6.07, 6.45) is 2.14. The molecule has 1 fully saturated rings. The molecule has 22 heavy (non-hydrogen) atoms. The molecular weight excluding hydrogens is 278 g/mol. The standard InChI is InChI=1S/C17H19N3O2/c1-11-6-8-20(9-7-11)17(21)16-13-10-22-14-5-3-2-4-12(14)15(13)18-19-16/h2-5,11H,6-10H2,1H3,(H,18,19). The Hall–Kier alpha value is -2.30. The van der Waals surface area contributed by atoms with E-state index in [0.717, 1.165) is 48.5 Å². The summed E-state index contributed by atoms with van der Waals surface area (Å²) in [5.41, 5.74) is 3.25. The molecular formula is C17H19N3O2. The maximum absolute atomic E-state index is 12.8. The third-order valence-electron chi connectivity index (χ3n) is 4.67. The van der Waals surface area contributed by atoms with Crippen molar-refractivity contribution in [3.8, 4) is 17.0 Å². The molecule has 0 spiro atoms. The summed E-state index contributed by atoms with van der Waals surface area (Å²) in [5.74, 6) is 1.57. The first-order chi connectivity index (χ1) is 10.7. The van der Waals surface area contributed by atoms with Gasteiger partial charge < -0.3 is 9.64 Å². The number of nitrogens with one attached hydrogen (secondary N) is 1. The lowest BCUT2D eigenvalue weighted by Crippen LogP contribution is -2.38. The van der Waals surface area contributed by atoms with Crippen molar-refractivity contribution in [2.45, 2.75) is 26.4 Å². The van der Waals surface area contributed by atoms with Crippen LogP contribution in [0.25, 0.3) is 11.3 Å². The number of piperidine rings is 1. The highest BCUT2D eigenvalue weighted by molar-refractivity contribution is 5.96. The van der Waals surface area contributed by atoms with E-state index in [-0.39, 0.29) is 5.91 Å².